The summed E-state index contributed by atoms with van der Waals surface area (Å²) < 4.78 is 10.00. The van der Waals surface area contributed by atoms with Crippen LogP contribution in [0.5, 0.6) is 11.5 Å². The van der Waals surface area contributed by atoms with Crippen molar-refractivity contribution < 1.29 is 56.8 Å². The third-order valence-corrected chi connectivity index (χ3v) is 3.39. The van der Waals surface area contributed by atoms with Crippen LogP contribution in [0, 0.1) is 17.5 Å². The van der Waals surface area contributed by atoms with Gasteiger partial charge in [-0.05, 0) is 14.1 Å². The largest absolute Gasteiger partial charge is 0.453 e. The van der Waals surface area contributed by atoms with Crippen LogP contribution in [-0.4, -0.2) is 51.8 Å². The van der Waals surface area contributed by atoms with Gasteiger partial charge in [0.05, 0.1) is 12.4 Å². The smallest absolute Gasteiger partial charge is 0.305 e. The van der Waals surface area contributed by atoms with Crippen LogP contribution < -0.4 is 9.62 Å². The zero-order chi connectivity index (χ0) is 20.8. The topological polar surface area (TPSA) is 57.2 Å². The predicted molar refractivity (Wildman–Crippen MR) is 107 cm³/mol. The van der Waals surface area contributed by atoms with Gasteiger partial charge in [0.2, 0.25) is 0 Å². The number of carbonyl (C=O) groups is 1. The van der Waals surface area contributed by atoms with E-state index in [9.17, 15) is 4.79 Å². The van der Waals surface area contributed by atoms with E-state index in [1.807, 2.05) is 14.1 Å². The molecule has 1 unspecified atom stereocenters. The quantitative estimate of drug-likeness (QED) is 0.182. The van der Waals surface area contributed by atoms with Gasteiger partial charge >= 0.3 is 5.97 Å². The Balaban J connectivity index is 0.000000606. The number of hydrogen-bond acceptors (Lipinski definition) is 6. The summed E-state index contributed by atoms with van der Waals surface area (Å²) in [4.78, 5) is 23.0. The van der Waals surface area contributed by atoms with Gasteiger partial charge in [-0.25, -0.2) is 0 Å². The van der Waals surface area contributed by atoms with Crippen molar-refractivity contribution >= 4 is 5.97 Å². The first kappa shape index (κ1) is 27.7. The summed E-state index contributed by atoms with van der Waals surface area (Å²) in [6.45, 7) is 5.44. The molecule has 0 fully saturated rings. The van der Waals surface area contributed by atoms with E-state index in [-0.39, 0.29) is 44.1 Å². The number of carbonyl (C=O) groups excluding carboxylic acids is 1. The van der Waals surface area contributed by atoms with Crippen LogP contribution in [-0.2, 0) is 47.1 Å². The molecule has 0 aromatic heterocycles. The predicted octanol–water partition coefficient (Wildman–Crippen LogP) is 3.42. The number of hydrogen-bond donors (Lipinski definition) is 0. The molecule has 1 atom stereocenters. The average molecular weight is 476 g/mol. The second kappa shape index (κ2) is 15.5. The van der Waals surface area contributed by atoms with Crippen molar-refractivity contribution in [3.63, 3.8) is 0 Å². The Morgan fingerprint density at radius 3 is 1.97 bits per heavy atom. The Hall–Kier alpha value is -1.31. The van der Waals surface area contributed by atoms with E-state index in [2.05, 4.69) is 24.0 Å². The summed E-state index contributed by atoms with van der Waals surface area (Å²) in [5, 5.41) is 0. The molecule has 0 aliphatic rings. The summed E-state index contributed by atoms with van der Waals surface area (Å²) in [7, 11) is 5.76. The molecule has 0 heterocycles. The number of benzene rings is 2. The molecule has 0 aliphatic carbocycles. The molecule has 29 heavy (non-hydrogen) atoms. The molecule has 2 aromatic carbocycles. The van der Waals surface area contributed by atoms with Gasteiger partial charge in [0.1, 0.15) is 6.61 Å². The van der Waals surface area contributed by atoms with Crippen LogP contribution in [0.25, 0.3) is 0 Å². The SMILES string of the molecule is CC(=O)Oc1cc[c-]cc1.COCC(C)(COOc1cc[c-]cc1)CN(C)C.[Y]. The minimum atomic E-state index is -0.300. The van der Waals surface area contributed by atoms with Crippen LogP contribution in [0.1, 0.15) is 13.8 Å². The molecule has 2 rings (SSSR count). The van der Waals surface area contributed by atoms with Crippen molar-refractivity contribution in [1.29, 1.82) is 0 Å². The number of rotatable bonds is 9. The molecule has 1 radical (unpaired) electrons. The Morgan fingerprint density at radius 1 is 1.00 bits per heavy atom. The van der Waals surface area contributed by atoms with E-state index in [0.717, 1.165) is 6.54 Å². The van der Waals surface area contributed by atoms with Crippen molar-refractivity contribution in [2.45, 2.75) is 13.8 Å². The van der Waals surface area contributed by atoms with Crippen molar-refractivity contribution in [1.82, 2.24) is 4.90 Å². The molecule has 0 saturated carbocycles. The first-order valence-electron chi connectivity index (χ1n) is 8.88. The standard InChI is InChI=1S/C14H22NO3.C8H7O2.Y/c1-14(11-16-4,10-15(2)3)12-17-18-13-8-6-5-7-9-13;1-7(9)10-8-5-3-2-4-6-8;/h6-9H,10-12H2,1-4H3;3-6H,1H3;/q2*-1;. The van der Waals surface area contributed by atoms with E-state index in [1.54, 1.807) is 55.6 Å². The van der Waals surface area contributed by atoms with E-state index >= 15 is 0 Å². The molecule has 6 nitrogen and oxygen atoms in total. The molecule has 2 aromatic rings. The Kier molecular flexibility index (Phi) is 14.8. The van der Waals surface area contributed by atoms with Gasteiger partial charge in [-0.2, -0.15) is 41.3 Å². The maximum atomic E-state index is 10.4. The van der Waals surface area contributed by atoms with Crippen LogP contribution in [0.4, 0.5) is 0 Å². The van der Waals surface area contributed by atoms with Crippen LogP contribution in [0.3, 0.4) is 0 Å². The molecule has 0 bridgehead atoms. The summed E-state index contributed by atoms with van der Waals surface area (Å²) in [6.07, 6.45) is 0. The second-order valence-electron chi connectivity index (χ2n) is 6.89. The summed E-state index contributed by atoms with van der Waals surface area (Å²) in [6, 6.07) is 19.7. The van der Waals surface area contributed by atoms with E-state index < -0.39 is 0 Å². The third kappa shape index (κ3) is 13.5. The summed E-state index contributed by atoms with van der Waals surface area (Å²) >= 11 is 0. The van der Waals surface area contributed by atoms with Gasteiger partial charge in [-0.1, -0.05) is 6.92 Å². The fourth-order valence-electron chi connectivity index (χ4n) is 2.52. The molecule has 0 amide bonds. The van der Waals surface area contributed by atoms with Crippen LogP contribution in [0.2, 0.25) is 0 Å². The first-order valence-corrected chi connectivity index (χ1v) is 8.88. The van der Waals surface area contributed by atoms with Gasteiger partial charge in [-0.15, -0.1) is 24.3 Å². The Morgan fingerprint density at radius 2 is 1.52 bits per heavy atom. The Bertz CT molecular complexity index is 669. The molecule has 0 N–H and O–H groups in total. The summed E-state index contributed by atoms with van der Waals surface area (Å²) in [5.41, 5.74) is -0.0981. The Labute approximate surface area is 199 Å². The van der Waals surface area contributed by atoms with Crippen molar-refractivity contribution in [2.75, 3.05) is 41.0 Å². The average Bonchev–Trinajstić information content (AvgIpc) is 2.63. The van der Waals surface area contributed by atoms with Crippen molar-refractivity contribution in [3.8, 4) is 11.5 Å². The third-order valence-electron chi connectivity index (χ3n) is 3.39. The monoisotopic (exact) mass is 476 g/mol. The fraction of sp³-hybridized carbons (Fsp3) is 0.409. The van der Waals surface area contributed by atoms with E-state index in [1.165, 1.54) is 6.92 Å². The second-order valence-corrected chi connectivity index (χ2v) is 6.89. The minimum absolute atomic E-state index is 0. The van der Waals surface area contributed by atoms with Gasteiger partial charge in [0, 0.05) is 64.5 Å². The molecular weight excluding hydrogens is 447 g/mol. The van der Waals surface area contributed by atoms with Crippen molar-refractivity contribution in [3.05, 3.63) is 60.7 Å². The maximum absolute atomic E-state index is 10.4. The zero-order valence-corrected chi connectivity index (χ0v) is 20.6. The van der Waals surface area contributed by atoms with Gasteiger partial charge in [0.25, 0.3) is 0 Å². The molecule has 7 heteroatoms. The first-order chi connectivity index (χ1) is 13.3. The van der Waals surface area contributed by atoms with E-state index in [0.29, 0.717) is 24.7 Å². The minimum Gasteiger partial charge on any atom is -0.453 e. The molecule has 157 valence electrons. The van der Waals surface area contributed by atoms with Crippen molar-refractivity contribution in [2.24, 2.45) is 5.41 Å². The van der Waals surface area contributed by atoms with Gasteiger partial charge in [0.15, 0.2) is 0 Å². The molecule has 0 aliphatic heterocycles. The fourth-order valence-corrected chi connectivity index (χ4v) is 2.52. The number of methoxy groups -OCH3 is 1. The van der Waals surface area contributed by atoms with E-state index in [4.69, 9.17) is 19.2 Å². The molecule has 0 spiro atoms. The van der Waals surface area contributed by atoms with Gasteiger partial charge in [-0.3, -0.25) is 4.79 Å². The number of ether oxygens (including phenoxy) is 2. The maximum Gasteiger partial charge on any atom is 0.305 e. The van der Waals surface area contributed by atoms with Gasteiger partial charge < -0.3 is 19.3 Å². The number of esters is 1. The van der Waals surface area contributed by atoms with Crippen LogP contribution in [0.15, 0.2) is 48.5 Å². The normalized spacial score (nSPS) is 12.1. The molecule has 0 saturated heterocycles. The molecular formula is C22H29NO5Y-2. The van der Waals surface area contributed by atoms with Crippen LogP contribution >= 0.6 is 0 Å². The number of nitrogens with zero attached hydrogens (tertiary/aromatic N) is 1. The zero-order valence-electron chi connectivity index (χ0n) is 17.8. The summed E-state index contributed by atoms with van der Waals surface area (Å²) in [5.74, 6) is 0.941.